The number of amides is 1. The predicted molar refractivity (Wildman–Crippen MR) is 65.8 cm³/mol. The molecule has 5 nitrogen and oxygen atoms in total. The molecule has 96 valence electrons. The first kappa shape index (κ1) is 12.6. The monoisotopic (exact) mass is 249 g/mol. The molecule has 1 aliphatic heterocycles. The van der Waals surface area contributed by atoms with Crippen LogP contribution in [0.1, 0.15) is 23.7 Å². The van der Waals surface area contributed by atoms with E-state index >= 15 is 0 Å². The van der Waals surface area contributed by atoms with E-state index in [-0.39, 0.29) is 18.4 Å². The Kier molecular flexibility index (Phi) is 3.62. The molecule has 1 saturated heterocycles. The van der Waals surface area contributed by atoms with Gasteiger partial charge in [-0.2, -0.15) is 0 Å². The number of carbonyl (C=O) groups excluding carboxylic acids is 2. The van der Waals surface area contributed by atoms with E-state index in [1.165, 1.54) is 11.8 Å². The van der Waals surface area contributed by atoms with Crippen LogP contribution in [0.15, 0.2) is 24.3 Å². The molecule has 5 heteroatoms. The highest BCUT2D eigenvalue weighted by Crippen LogP contribution is 2.23. The number of anilines is 1. The molecular formula is C13H15NO4. The zero-order valence-electron chi connectivity index (χ0n) is 10.1. The topological polar surface area (TPSA) is 66.8 Å². The summed E-state index contributed by atoms with van der Waals surface area (Å²) in [5, 5.41) is 9.28. The summed E-state index contributed by atoms with van der Waals surface area (Å²) < 4.78 is 4.96. The Morgan fingerprint density at radius 2 is 2.11 bits per heavy atom. The normalized spacial score (nSPS) is 19.6. The second kappa shape index (κ2) is 5.18. The summed E-state index contributed by atoms with van der Waals surface area (Å²) in [6.45, 7) is 1.70. The third kappa shape index (κ3) is 2.36. The van der Waals surface area contributed by atoms with Crippen molar-refractivity contribution in [3.05, 3.63) is 29.8 Å². The van der Waals surface area contributed by atoms with Gasteiger partial charge < -0.3 is 9.84 Å². The molecule has 0 bridgehead atoms. The standard InChI is InChI=1S/C13H15NO4/c1-9(16)10-2-4-11(5-3-10)14-12(8-15)6-7-18-13(14)17/h2-5,12,15H,6-8H2,1H3. The van der Waals surface area contributed by atoms with E-state index in [2.05, 4.69) is 0 Å². The molecule has 1 aromatic rings. The number of aliphatic hydroxyl groups excluding tert-OH is 1. The van der Waals surface area contributed by atoms with E-state index in [4.69, 9.17) is 4.74 Å². The molecule has 0 saturated carbocycles. The second-order valence-electron chi connectivity index (χ2n) is 4.21. The maximum atomic E-state index is 11.7. The number of cyclic esters (lactones) is 1. The molecule has 1 aliphatic rings. The summed E-state index contributed by atoms with van der Waals surface area (Å²) in [6.07, 6.45) is 0.132. The van der Waals surface area contributed by atoms with Gasteiger partial charge in [0.1, 0.15) is 0 Å². The first-order valence-electron chi connectivity index (χ1n) is 5.81. The van der Waals surface area contributed by atoms with E-state index in [1.54, 1.807) is 24.3 Å². The minimum Gasteiger partial charge on any atom is -0.449 e. The van der Waals surface area contributed by atoms with Crippen molar-refractivity contribution >= 4 is 17.6 Å². The summed E-state index contributed by atoms with van der Waals surface area (Å²) in [5.41, 5.74) is 1.22. The second-order valence-corrected chi connectivity index (χ2v) is 4.21. The van der Waals surface area contributed by atoms with Crippen LogP contribution >= 0.6 is 0 Å². The van der Waals surface area contributed by atoms with E-state index in [0.717, 1.165) is 0 Å². The molecule has 0 aromatic heterocycles. The minimum atomic E-state index is -0.462. The molecule has 1 N–H and O–H groups in total. The van der Waals surface area contributed by atoms with E-state index in [1.807, 2.05) is 0 Å². The molecule has 0 spiro atoms. The molecule has 2 rings (SSSR count). The number of ether oxygens (including phenoxy) is 1. The summed E-state index contributed by atoms with van der Waals surface area (Å²) in [5.74, 6) is -0.0264. The number of nitrogens with zero attached hydrogens (tertiary/aromatic N) is 1. The Morgan fingerprint density at radius 3 is 2.67 bits per heavy atom. The lowest BCUT2D eigenvalue weighted by atomic mass is 10.1. The highest BCUT2D eigenvalue weighted by molar-refractivity contribution is 5.95. The third-order valence-electron chi connectivity index (χ3n) is 3.00. The Labute approximate surface area is 105 Å². The smallest absolute Gasteiger partial charge is 0.414 e. The van der Waals surface area contributed by atoms with Gasteiger partial charge in [0.15, 0.2) is 5.78 Å². The molecule has 1 amide bonds. The van der Waals surface area contributed by atoms with Crippen LogP contribution in [0.3, 0.4) is 0 Å². The Morgan fingerprint density at radius 1 is 1.44 bits per heavy atom. The molecule has 1 unspecified atom stereocenters. The average Bonchev–Trinajstić information content (AvgIpc) is 2.38. The zero-order valence-corrected chi connectivity index (χ0v) is 10.1. The number of rotatable bonds is 3. The maximum absolute atomic E-state index is 11.7. The minimum absolute atomic E-state index is 0.0264. The van der Waals surface area contributed by atoms with Gasteiger partial charge in [-0.1, -0.05) is 0 Å². The summed E-state index contributed by atoms with van der Waals surface area (Å²) in [7, 11) is 0. The average molecular weight is 249 g/mol. The predicted octanol–water partition coefficient (Wildman–Crippen LogP) is 1.60. The van der Waals surface area contributed by atoms with Gasteiger partial charge in [0, 0.05) is 17.7 Å². The molecule has 0 radical (unpaired) electrons. The summed E-state index contributed by atoms with van der Waals surface area (Å²) >= 11 is 0. The molecule has 0 aliphatic carbocycles. The van der Waals surface area contributed by atoms with Gasteiger partial charge in [0.25, 0.3) is 0 Å². The fourth-order valence-corrected chi connectivity index (χ4v) is 1.98. The third-order valence-corrected chi connectivity index (χ3v) is 3.00. The lowest BCUT2D eigenvalue weighted by Crippen LogP contribution is -2.47. The maximum Gasteiger partial charge on any atom is 0.414 e. The molecule has 1 aromatic carbocycles. The Hall–Kier alpha value is -1.88. The van der Waals surface area contributed by atoms with Crippen molar-refractivity contribution in [1.29, 1.82) is 0 Å². The summed E-state index contributed by atoms with van der Waals surface area (Å²) in [6, 6.07) is 6.43. The van der Waals surface area contributed by atoms with Gasteiger partial charge in [-0.3, -0.25) is 9.69 Å². The van der Waals surface area contributed by atoms with Gasteiger partial charge >= 0.3 is 6.09 Å². The fourth-order valence-electron chi connectivity index (χ4n) is 1.98. The van der Waals surface area contributed by atoms with E-state index < -0.39 is 6.09 Å². The lowest BCUT2D eigenvalue weighted by Gasteiger charge is -2.33. The van der Waals surface area contributed by atoms with Crippen molar-refractivity contribution in [1.82, 2.24) is 0 Å². The van der Waals surface area contributed by atoms with Crippen molar-refractivity contribution in [3.8, 4) is 0 Å². The van der Waals surface area contributed by atoms with E-state index in [9.17, 15) is 14.7 Å². The molecule has 1 heterocycles. The number of hydrogen-bond acceptors (Lipinski definition) is 4. The van der Waals surface area contributed by atoms with Crippen LogP contribution in [0.4, 0.5) is 10.5 Å². The van der Waals surface area contributed by atoms with Gasteiger partial charge in [0.05, 0.1) is 19.3 Å². The van der Waals surface area contributed by atoms with Crippen LogP contribution in [0, 0.1) is 0 Å². The highest BCUT2D eigenvalue weighted by atomic mass is 16.6. The van der Waals surface area contributed by atoms with Crippen molar-refractivity contribution in [2.24, 2.45) is 0 Å². The summed E-state index contributed by atoms with van der Waals surface area (Å²) in [4.78, 5) is 24.3. The Bertz CT molecular complexity index is 455. The SMILES string of the molecule is CC(=O)c1ccc(N2C(=O)OCCC2CO)cc1. The largest absolute Gasteiger partial charge is 0.449 e. The lowest BCUT2D eigenvalue weighted by molar-refractivity contribution is 0.101. The van der Waals surface area contributed by atoms with Crippen molar-refractivity contribution in [3.63, 3.8) is 0 Å². The van der Waals surface area contributed by atoms with Crippen LogP contribution in [-0.4, -0.2) is 36.2 Å². The number of hydrogen-bond donors (Lipinski definition) is 1. The zero-order chi connectivity index (χ0) is 13.1. The van der Waals surface area contributed by atoms with Gasteiger partial charge in [0.2, 0.25) is 0 Å². The molecular weight excluding hydrogens is 234 g/mol. The Balaban J connectivity index is 2.27. The van der Waals surface area contributed by atoms with Gasteiger partial charge in [-0.25, -0.2) is 4.79 Å². The van der Waals surface area contributed by atoms with Crippen LogP contribution in [-0.2, 0) is 4.74 Å². The first-order valence-corrected chi connectivity index (χ1v) is 5.81. The number of Topliss-reactive ketones (excluding diaryl/α,β-unsaturated/α-hetero) is 1. The first-order chi connectivity index (χ1) is 8.63. The number of ketones is 1. The molecule has 18 heavy (non-hydrogen) atoms. The number of carbonyl (C=O) groups is 2. The van der Waals surface area contributed by atoms with Crippen LogP contribution < -0.4 is 4.90 Å². The quantitative estimate of drug-likeness (QED) is 0.826. The highest BCUT2D eigenvalue weighted by Gasteiger charge is 2.30. The van der Waals surface area contributed by atoms with Crippen LogP contribution in [0.25, 0.3) is 0 Å². The van der Waals surface area contributed by atoms with Gasteiger partial charge in [-0.05, 0) is 31.2 Å². The van der Waals surface area contributed by atoms with Crippen LogP contribution in [0.5, 0.6) is 0 Å². The van der Waals surface area contributed by atoms with E-state index in [0.29, 0.717) is 24.3 Å². The van der Waals surface area contributed by atoms with Crippen LogP contribution in [0.2, 0.25) is 0 Å². The van der Waals surface area contributed by atoms with Crippen molar-refractivity contribution in [2.75, 3.05) is 18.1 Å². The van der Waals surface area contributed by atoms with Gasteiger partial charge in [-0.15, -0.1) is 0 Å². The molecule has 1 atom stereocenters. The number of aliphatic hydroxyl groups is 1. The molecule has 1 fully saturated rings. The number of benzene rings is 1. The van der Waals surface area contributed by atoms with Crippen molar-refractivity contribution < 1.29 is 19.4 Å². The fraction of sp³-hybridized carbons (Fsp3) is 0.385. The van der Waals surface area contributed by atoms with Crippen molar-refractivity contribution in [2.45, 2.75) is 19.4 Å².